The van der Waals surface area contributed by atoms with Gasteiger partial charge in [0.25, 0.3) is 0 Å². The maximum absolute atomic E-state index is 12.1. The molecule has 178 valence electrons. The number of ether oxygens (including phenoxy) is 1. The van der Waals surface area contributed by atoms with Gasteiger partial charge in [0.05, 0.1) is 0 Å². The zero-order chi connectivity index (χ0) is 23.9. The Balaban J connectivity index is 0.000000278. The van der Waals surface area contributed by atoms with Crippen molar-refractivity contribution in [2.24, 2.45) is 10.8 Å². The number of likely N-dealkylation sites (tertiary alicyclic amines) is 1. The molecule has 3 rings (SSSR count). The molecule has 1 amide bonds. The number of hydrogen-bond donors (Lipinski definition) is 3. The lowest BCUT2D eigenvalue weighted by Gasteiger charge is -2.40. The zero-order valence-electron chi connectivity index (χ0n) is 19.5. The molecule has 8 heteroatoms. The zero-order valence-corrected chi connectivity index (χ0v) is 19.5. The maximum Gasteiger partial charge on any atom is 0.410 e. The maximum atomic E-state index is 12.1. The Morgan fingerprint density at radius 1 is 1.00 bits per heavy atom. The number of carboxylic acid groups (broad SMARTS) is 2. The van der Waals surface area contributed by atoms with E-state index in [9.17, 15) is 19.5 Å². The van der Waals surface area contributed by atoms with E-state index >= 15 is 0 Å². The van der Waals surface area contributed by atoms with Gasteiger partial charge in [0, 0.05) is 6.54 Å². The normalized spacial score (nSPS) is 23.9. The van der Waals surface area contributed by atoms with E-state index in [0.29, 0.717) is 13.0 Å². The summed E-state index contributed by atoms with van der Waals surface area (Å²) in [6.45, 7) is 9.67. The van der Waals surface area contributed by atoms with Crippen LogP contribution >= 0.6 is 0 Å². The first-order valence-electron chi connectivity index (χ1n) is 11.1. The summed E-state index contributed by atoms with van der Waals surface area (Å²) in [5.41, 5.74) is 1.00. The summed E-state index contributed by atoms with van der Waals surface area (Å²) in [5, 5.41) is 21.0. The summed E-state index contributed by atoms with van der Waals surface area (Å²) < 4.78 is 5.24. The largest absolute Gasteiger partial charge is 0.480 e. The molecule has 2 aliphatic rings. The lowest BCUT2D eigenvalue weighted by molar-refractivity contribution is -0.145. The first-order valence-corrected chi connectivity index (χ1v) is 11.1. The summed E-state index contributed by atoms with van der Waals surface area (Å²) in [6, 6.07) is 8.20. The van der Waals surface area contributed by atoms with Crippen molar-refractivity contribution in [2.75, 3.05) is 13.1 Å². The smallest absolute Gasteiger partial charge is 0.410 e. The molecule has 2 fully saturated rings. The predicted molar refractivity (Wildman–Crippen MR) is 120 cm³/mol. The molecule has 0 radical (unpaired) electrons. The lowest BCUT2D eigenvalue weighted by atomic mass is 9.79. The molecule has 0 bridgehead atoms. The monoisotopic (exact) mass is 448 g/mol. The number of hydrogen-bond acceptors (Lipinski definition) is 5. The van der Waals surface area contributed by atoms with Crippen molar-refractivity contribution >= 4 is 18.0 Å². The Kier molecular flexibility index (Phi) is 8.66. The number of carbonyl (C=O) groups is 3. The Morgan fingerprint density at radius 2 is 1.62 bits per heavy atom. The molecule has 2 unspecified atom stereocenters. The van der Waals surface area contributed by atoms with Crippen molar-refractivity contribution in [1.82, 2.24) is 10.2 Å². The fourth-order valence-electron chi connectivity index (χ4n) is 4.04. The summed E-state index contributed by atoms with van der Waals surface area (Å²) in [5.74, 6) is -1.70. The van der Waals surface area contributed by atoms with Crippen LogP contribution in [0.3, 0.4) is 0 Å². The standard InChI is InChI=1S/C16H21NO4.C8H15NO2/c1-16(2)8-9-17(13(10-16)14(18)19)15(20)21-11-12-6-4-3-5-7-12;1-8(2)3-4-9-6(5-8)7(10)11/h3-7,13H,8-11H2,1-2H3,(H,18,19);6,9H,3-5H2,1-2H3,(H,10,11). The fraction of sp³-hybridized carbons (Fsp3) is 0.625. The molecule has 2 aliphatic heterocycles. The number of rotatable bonds is 4. The fourth-order valence-corrected chi connectivity index (χ4v) is 4.04. The van der Waals surface area contributed by atoms with E-state index in [2.05, 4.69) is 19.2 Å². The molecule has 0 saturated carbocycles. The van der Waals surface area contributed by atoms with E-state index in [0.717, 1.165) is 31.4 Å². The number of benzene rings is 1. The molecule has 8 nitrogen and oxygen atoms in total. The van der Waals surface area contributed by atoms with Crippen molar-refractivity contribution in [2.45, 2.75) is 72.1 Å². The number of amides is 1. The third kappa shape index (κ3) is 7.82. The number of nitrogens with zero attached hydrogens (tertiary/aromatic N) is 1. The molecule has 2 atom stereocenters. The number of carboxylic acids is 2. The second kappa shape index (κ2) is 10.8. The van der Waals surface area contributed by atoms with Crippen molar-refractivity contribution in [3.8, 4) is 0 Å². The van der Waals surface area contributed by atoms with Gasteiger partial charge in [-0.1, -0.05) is 58.0 Å². The van der Waals surface area contributed by atoms with Crippen molar-refractivity contribution in [3.05, 3.63) is 35.9 Å². The highest BCUT2D eigenvalue weighted by molar-refractivity contribution is 5.80. The van der Waals surface area contributed by atoms with Gasteiger partial charge in [-0.15, -0.1) is 0 Å². The van der Waals surface area contributed by atoms with E-state index in [1.54, 1.807) is 0 Å². The van der Waals surface area contributed by atoms with Crippen LogP contribution in [0.1, 0.15) is 58.9 Å². The number of carbonyl (C=O) groups excluding carboxylic acids is 1. The van der Waals surface area contributed by atoms with Gasteiger partial charge in [-0.05, 0) is 48.6 Å². The molecule has 0 spiro atoms. The molecule has 0 aliphatic carbocycles. The van der Waals surface area contributed by atoms with Crippen LogP contribution in [0.5, 0.6) is 0 Å². The minimum atomic E-state index is -0.973. The number of aliphatic carboxylic acids is 2. The van der Waals surface area contributed by atoms with E-state index in [1.807, 2.05) is 44.2 Å². The predicted octanol–water partition coefficient (Wildman–Crippen LogP) is 3.75. The molecule has 2 heterocycles. The Labute approximate surface area is 189 Å². The van der Waals surface area contributed by atoms with Gasteiger partial charge in [0.2, 0.25) is 0 Å². The summed E-state index contributed by atoms with van der Waals surface area (Å²) in [6.07, 6.45) is 2.47. The van der Waals surface area contributed by atoms with Crippen molar-refractivity contribution < 1.29 is 29.3 Å². The van der Waals surface area contributed by atoms with Crippen LogP contribution in [0, 0.1) is 10.8 Å². The van der Waals surface area contributed by atoms with Gasteiger partial charge in [0.1, 0.15) is 18.7 Å². The second-order valence-corrected chi connectivity index (χ2v) is 10.2. The highest BCUT2D eigenvalue weighted by Crippen LogP contribution is 2.34. The van der Waals surface area contributed by atoms with Crippen LogP contribution in [0.15, 0.2) is 30.3 Å². The average molecular weight is 449 g/mol. The molecular formula is C24H36N2O6. The van der Waals surface area contributed by atoms with Crippen LogP contribution in [0.2, 0.25) is 0 Å². The van der Waals surface area contributed by atoms with Gasteiger partial charge in [-0.3, -0.25) is 9.69 Å². The van der Waals surface area contributed by atoms with Crippen LogP contribution in [-0.4, -0.2) is 58.3 Å². The quantitative estimate of drug-likeness (QED) is 0.642. The Hall–Kier alpha value is -2.61. The first kappa shape index (κ1) is 25.6. The van der Waals surface area contributed by atoms with Gasteiger partial charge in [-0.25, -0.2) is 9.59 Å². The second-order valence-electron chi connectivity index (χ2n) is 10.2. The Bertz CT molecular complexity index is 793. The Morgan fingerprint density at radius 3 is 2.16 bits per heavy atom. The van der Waals surface area contributed by atoms with Crippen molar-refractivity contribution in [1.29, 1.82) is 0 Å². The minimum Gasteiger partial charge on any atom is -0.480 e. The molecule has 0 aromatic heterocycles. The molecule has 1 aromatic carbocycles. The van der Waals surface area contributed by atoms with Gasteiger partial charge < -0.3 is 20.3 Å². The van der Waals surface area contributed by atoms with Crippen molar-refractivity contribution in [3.63, 3.8) is 0 Å². The number of nitrogens with one attached hydrogen (secondary N) is 1. The summed E-state index contributed by atoms with van der Waals surface area (Å²) in [7, 11) is 0. The SMILES string of the molecule is CC1(C)CCN(C(=O)OCc2ccccc2)C(C(=O)O)C1.CC1(C)CCNC(C(=O)O)C1. The minimum absolute atomic E-state index is 0.0702. The molecule has 2 saturated heterocycles. The molecule has 3 N–H and O–H groups in total. The summed E-state index contributed by atoms with van der Waals surface area (Å²) >= 11 is 0. The lowest BCUT2D eigenvalue weighted by Crippen LogP contribution is -2.52. The van der Waals surface area contributed by atoms with Crippen LogP contribution in [0.4, 0.5) is 4.79 Å². The van der Waals surface area contributed by atoms with Crippen LogP contribution in [-0.2, 0) is 20.9 Å². The molecule has 1 aromatic rings. The van der Waals surface area contributed by atoms with E-state index in [-0.39, 0.29) is 23.5 Å². The van der Waals surface area contributed by atoms with E-state index < -0.39 is 24.1 Å². The third-order valence-electron chi connectivity index (χ3n) is 6.12. The third-order valence-corrected chi connectivity index (χ3v) is 6.12. The highest BCUT2D eigenvalue weighted by atomic mass is 16.6. The van der Waals surface area contributed by atoms with Crippen LogP contribution < -0.4 is 5.32 Å². The van der Waals surface area contributed by atoms with Gasteiger partial charge in [0.15, 0.2) is 0 Å². The molecular weight excluding hydrogens is 412 g/mol. The first-order chi connectivity index (χ1) is 14.9. The average Bonchev–Trinajstić information content (AvgIpc) is 2.72. The van der Waals surface area contributed by atoms with Gasteiger partial charge >= 0.3 is 18.0 Å². The van der Waals surface area contributed by atoms with E-state index in [4.69, 9.17) is 9.84 Å². The molecule has 32 heavy (non-hydrogen) atoms. The van der Waals surface area contributed by atoms with Crippen LogP contribution in [0.25, 0.3) is 0 Å². The van der Waals surface area contributed by atoms with E-state index in [1.165, 1.54) is 4.90 Å². The topological polar surface area (TPSA) is 116 Å². The highest BCUT2D eigenvalue weighted by Gasteiger charge is 2.40. The summed E-state index contributed by atoms with van der Waals surface area (Å²) in [4.78, 5) is 35.4. The number of piperidine rings is 2. The van der Waals surface area contributed by atoms with Gasteiger partial charge in [-0.2, -0.15) is 0 Å².